The Bertz CT molecular complexity index is 602. The molecular weight excluding hydrogens is 318 g/mol. The number of nitrogens with zero attached hydrogens (tertiary/aromatic N) is 1. The van der Waals surface area contributed by atoms with Crippen molar-refractivity contribution in [3.05, 3.63) is 35.9 Å². The first-order valence-electron chi connectivity index (χ1n) is 7.74. The lowest BCUT2D eigenvalue weighted by molar-refractivity contribution is 0.0759. The van der Waals surface area contributed by atoms with Crippen LogP contribution in [-0.2, 0) is 25.6 Å². The van der Waals surface area contributed by atoms with Crippen molar-refractivity contribution >= 4 is 16.2 Å². The van der Waals surface area contributed by atoms with Crippen molar-refractivity contribution in [3.63, 3.8) is 0 Å². The molecule has 23 heavy (non-hydrogen) atoms. The average molecular weight is 341 g/mol. The molecule has 1 fully saturated rings. The Kier molecular flexibility index (Phi) is 6.41. The van der Waals surface area contributed by atoms with Gasteiger partial charge in [-0.2, -0.15) is 8.42 Å². The number of ether oxygens (including phenoxy) is 1. The lowest BCUT2D eigenvalue weighted by Crippen LogP contribution is -2.40. The number of carbonyl (C=O) groups excluding carboxylic acids is 1. The molecule has 7 heteroatoms. The fraction of sp³-hybridized carbons (Fsp3) is 0.562. The minimum atomic E-state index is -3.40. The molecule has 1 amide bonds. The quantitative estimate of drug-likeness (QED) is 0.743. The van der Waals surface area contributed by atoms with Gasteiger partial charge in [-0.3, -0.25) is 4.18 Å². The second-order valence-corrected chi connectivity index (χ2v) is 7.45. The number of hydrogen-bond donors (Lipinski definition) is 0. The molecule has 1 aromatic carbocycles. The molecule has 0 spiro atoms. The van der Waals surface area contributed by atoms with Gasteiger partial charge in [-0.05, 0) is 30.7 Å². The number of hydrogen-bond acceptors (Lipinski definition) is 5. The van der Waals surface area contributed by atoms with E-state index in [1.807, 2.05) is 30.3 Å². The first-order valence-corrected chi connectivity index (χ1v) is 9.56. The third kappa shape index (κ3) is 6.58. The monoisotopic (exact) mass is 341 g/mol. The van der Waals surface area contributed by atoms with Gasteiger partial charge >= 0.3 is 6.09 Å². The van der Waals surface area contributed by atoms with Crippen molar-refractivity contribution < 1.29 is 22.1 Å². The molecule has 1 atom stereocenters. The van der Waals surface area contributed by atoms with Crippen molar-refractivity contribution in [1.29, 1.82) is 0 Å². The molecular formula is C16H23NO5S. The standard InChI is InChI=1S/C16H23NO5S/c1-23(19,20)22-11-9-14-8-5-10-17(12-14)16(18)21-13-15-6-3-2-4-7-15/h2-4,6-7,14H,5,8-13H2,1H3/t14-/m0/s1. The first kappa shape index (κ1) is 17.7. The predicted octanol–water partition coefficient (Wildman–Crippen LogP) is 2.40. The Labute approximate surface area is 137 Å². The van der Waals surface area contributed by atoms with Crippen molar-refractivity contribution in [1.82, 2.24) is 4.90 Å². The zero-order valence-electron chi connectivity index (χ0n) is 13.3. The average Bonchev–Trinajstić information content (AvgIpc) is 2.53. The summed E-state index contributed by atoms with van der Waals surface area (Å²) in [6.07, 6.45) is 3.21. The SMILES string of the molecule is CS(=O)(=O)OCC[C@@H]1CCCN(C(=O)OCc2ccccc2)C1. The second kappa shape index (κ2) is 8.31. The van der Waals surface area contributed by atoms with Gasteiger partial charge in [0.1, 0.15) is 6.61 Å². The smallest absolute Gasteiger partial charge is 0.410 e. The molecule has 0 radical (unpaired) electrons. The summed E-state index contributed by atoms with van der Waals surface area (Å²) >= 11 is 0. The molecule has 0 bridgehead atoms. The number of benzene rings is 1. The maximum absolute atomic E-state index is 12.1. The highest BCUT2D eigenvalue weighted by atomic mass is 32.2. The van der Waals surface area contributed by atoms with Gasteiger partial charge in [0.25, 0.3) is 10.1 Å². The van der Waals surface area contributed by atoms with Crippen LogP contribution in [0.25, 0.3) is 0 Å². The summed E-state index contributed by atoms with van der Waals surface area (Å²) in [5, 5.41) is 0. The molecule has 6 nitrogen and oxygen atoms in total. The fourth-order valence-electron chi connectivity index (χ4n) is 2.64. The summed E-state index contributed by atoms with van der Waals surface area (Å²) in [7, 11) is -3.40. The lowest BCUT2D eigenvalue weighted by atomic mass is 9.95. The number of piperidine rings is 1. The van der Waals surface area contributed by atoms with Crippen LogP contribution in [0.15, 0.2) is 30.3 Å². The third-order valence-electron chi connectivity index (χ3n) is 3.81. The Balaban J connectivity index is 1.75. The molecule has 0 unspecified atom stereocenters. The van der Waals surface area contributed by atoms with Crippen molar-refractivity contribution in [3.8, 4) is 0 Å². The van der Waals surface area contributed by atoms with E-state index < -0.39 is 10.1 Å². The van der Waals surface area contributed by atoms with E-state index in [0.29, 0.717) is 19.5 Å². The maximum Gasteiger partial charge on any atom is 0.410 e. The number of rotatable bonds is 6. The van der Waals surface area contributed by atoms with Crippen LogP contribution < -0.4 is 0 Å². The van der Waals surface area contributed by atoms with Crippen LogP contribution in [0.1, 0.15) is 24.8 Å². The Hall–Kier alpha value is -1.60. The zero-order valence-corrected chi connectivity index (χ0v) is 14.1. The van der Waals surface area contributed by atoms with Gasteiger partial charge < -0.3 is 9.64 Å². The van der Waals surface area contributed by atoms with E-state index in [4.69, 9.17) is 8.92 Å². The molecule has 1 aromatic rings. The molecule has 0 aromatic heterocycles. The number of likely N-dealkylation sites (tertiary alicyclic amines) is 1. The normalized spacial score (nSPS) is 18.7. The van der Waals surface area contributed by atoms with E-state index in [-0.39, 0.29) is 25.2 Å². The van der Waals surface area contributed by atoms with Gasteiger partial charge in [0.05, 0.1) is 12.9 Å². The number of carbonyl (C=O) groups is 1. The highest BCUT2D eigenvalue weighted by Crippen LogP contribution is 2.20. The van der Waals surface area contributed by atoms with E-state index in [1.54, 1.807) is 4.90 Å². The summed E-state index contributed by atoms with van der Waals surface area (Å²) in [5.74, 6) is 0.245. The summed E-state index contributed by atoms with van der Waals surface area (Å²) in [6, 6.07) is 9.55. The minimum absolute atomic E-state index is 0.163. The Morgan fingerprint density at radius 1 is 1.30 bits per heavy atom. The van der Waals surface area contributed by atoms with Crippen LogP contribution in [0.4, 0.5) is 4.79 Å². The summed E-state index contributed by atoms with van der Waals surface area (Å²) < 4.78 is 32.0. The molecule has 0 saturated carbocycles. The molecule has 1 aliphatic rings. The van der Waals surface area contributed by atoms with Gasteiger partial charge in [-0.1, -0.05) is 30.3 Å². The Morgan fingerprint density at radius 3 is 2.74 bits per heavy atom. The molecule has 0 N–H and O–H groups in total. The highest BCUT2D eigenvalue weighted by molar-refractivity contribution is 7.85. The molecule has 1 saturated heterocycles. The van der Waals surface area contributed by atoms with Gasteiger partial charge in [-0.25, -0.2) is 4.79 Å². The van der Waals surface area contributed by atoms with Gasteiger partial charge in [0.15, 0.2) is 0 Å². The predicted molar refractivity (Wildman–Crippen MR) is 86.3 cm³/mol. The Morgan fingerprint density at radius 2 is 2.04 bits per heavy atom. The first-order chi connectivity index (χ1) is 10.9. The topological polar surface area (TPSA) is 72.9 Å². The molecule has 0 aliphatic carbocycles. The van der Waals surface area contributed by atoms with Crippen LogP contribution >= 0.6 is 0 Å². The second-order valence-electron chi connectivity index (χ2n) is 5.81. The largest absolute Gasteiger partial charge is 0.445 e. The summed E-state index contributed by atoms with van der Waals surface area (Å²) in [4.78, 5) is 13.8. The highest BCUT2D eigenvalue weighted by Gasteiger charge is 2.24. The maximum atomic E-state index is 12.1. The van der Waals surface area contributed by atoms with Gasteiger partial charge in [0, 0.05) is 13.1 Å². The molecule has 2 rings (SSSR count). The van der Waals surface area contributed by atoms with Crippen LogP contribution in [0.5, 0.6) is 0 Å². The van der Waals surface area contributed by atoms with Gasteiger partial charge in [0.2, 0.25) is 0 Å². The van der Waals surface area contributed by atoms with Crippen molar-refractivity contribution in [2.45, 2.75) is 25.9 Å². The van der Waals surface area contributed by atoms with E-state index in [9.17, 15) is 13.2 Å². The van der Waals surface area contributed by atoms with Crippen LogP contribution in [0.2, 0.25) is 0 Å². The molecule has 1 aliphatic heterocycles. The van der Waals surface area contributed by atoms with Gasteiger partial charge in [-0.15, -0.1) is 0 Å². The van der Waals surface area contributed by atoms with E-state index in [2.05, 4.69) is 0 Å². The zero-order chi connectivity index (χ0) is 16.7. The summed E-state index contributed by atoms with van der Waals surface area (Å²) in [5.41, 5.74) is 0.955. The fourth-order valence-corrected chi connectivity index (χ4v) is 3.04. The number of amides is 1. The van der Waals surface area contributed by atoms with Crippen LogP contribution in [-0.4, -0.2) is 45.4 Å². The molecule has 1 heterocycles. The van der Waals surface area contributed by atoms with E-state index >= 15 is 0 Å². The molecule has 128 valence electrons. The third-order valence-corrected chi connectivity index (χ3v) is 4.40. The summed E-state index contributed by atoms with van der Waals surface area (Å²) in [6.45, 7) is 1.69. The minimum Gasteiger partial charge on any atom is -0.445 e. The van der Waals surface area contributed by atoms with E-state index in [0.717, 1.165) is 24.7 Å². The lowest BCUT2D eigenvalue weighted by Gasteiger charge is -2.31. The van der Waals surface area contributed by atoms with Crippen LogP contribution in [0.3, 0.4) is 0 Å². The van der Waals surface area contributed by atoms with Crippen LogP contribution in [0, 0.1) is 5.92 Å². The van der Waals surface area contributed by atoms with Crippen molar-refractivity contribution in [2.75, 3.05) is 26.0 Å². The van der Waals surface area contributed by atoms with Crippen molar-refractivity contribution in [2.24, 2.45) is 5.92 Å². The van der Waals surface area contributed by atoms with E-state index in [1.165, 1.54) is 0 Å².